The quantitative estimate of drug-likeness (QED) is 0.0834. The van der Waals surface area contributed by atoms with Gasteiger partial charge in [-0.25, -0.2) is 58.2 Å². The van der Waals surface area contributed by atoms with Crippen molar-refractivity contribution in [3.8, 4) is 56.9 Å². The second-order valence-corrected chi connectivity index (χ2v) is 28.0. The minimum absolute atomic E-state index is 0. The third-order valence-corrected chi connectivity index (χ3v) is 20.0. The van der Waals surface area contributed by atoms with E-state index in [1.165, 1.54) is 46.9 Å². The highest BCUT2D eigenvalue weighted by Gasteiger charge is 2.29. The first-order valence-corrected chi connectivity index (χ1v) is 35.7. The Hall–Kier alpha value is -10.3. The maximum atomic E-state index is 13.6. The molecule has 0 spiro atoms. The molecule has 0 saturated carbocycles. The van der Waals surface area contributed by atoms with Crippen LogP contribution in [0.4, 0.5) is 52.2 Å². The first-order valence-electron chi connectivity index (χ1n) is 34.0. The number of hydrogen-bond acceptors (Lipinski definition) is 22. The summed E-state index contributed by atoms with van der Waals surface area (Å²) in [6, 6.07) is 25.0. The van der Waals surface area contributed by atoms with Crippen molar-refractivity contribution in [3.05, 3.63) is 143 Å². The molecular formula is C74H90F2N22O3S2. The average molecular weight is 1440 g/mol. The van der Waals surface area contributed by atoms with E-state index >= 15 is 0 Å². The Morgan fingerprint density at radius 1 is 0.583 bits per heavy atom. The van der Waals surface area contributed by atoms with Crippen LogP contribution in [0.5, 0.6) is 0 Å². The Labute approximate surface area is 608 Å². The van der Waals surface area contributed by atoms with Gasteiger partial charge >= 0.3 is 12.1 Å². The fraction of sp³-hybridized carbons (Fsp3) is 0.405. The molecule has 0 atom stereocenters. The van der Waals surface area contributed by atoms with Gasteiger partial charge in [0.25, 0.3) is 0 Å². The van der Waals surface area contributed by atoms with E-state index in [-0.39, 0.29) is 50.7 Å². The smallest absolute Gasteiger partial charge is 0.410 e. The number of carbonyl (C=O) groups is 2. The number of halogens is 2. The Morgan fingerprint density at radius 2 is 1.00 bits per heavy atom. The standard InChI is InChI=1S/C34H36FN11OS.C28H26FN9S.C10H20N2O2.2CH4/c1-3-27-31(43(2)34-42-30(28(18-36)48-34)22-4-7-25(35)8-5-22)46-21-23(6-9-29(46)41-27)24-19-38-32(39-20-24)44-14-16-45(17-15-44)33(47)40-26-10-12-37-13-11-26;1-3-22-26(36(2)28-35-25(23(14-30)39-28)18-4-7-21(29)8-5-18)38-17-19(6-9-24(38)34-22)20-15-32-27(33-16-20)37-12-10-31-11-13-37;1-10(2,3)14-9(13)12-6-4-8(11)5-7-12;;/h4-9,19-21,26,37H,3,10-17H2,1-2H3,(H,40,47);4-9,15-17,31H,3,10-13H2,1-2H3;8H,4-7,11H2,1-3H3;2*1H4. The summed E-state index contributed by atoms with van der Waals surface area (Å²) in [4.78, 5) is 75.1. The lowest BCUT2D eigenvalue weighted by molar-refractivity contribution is 0.0206. The number of nitrogens with one attached hydrogen (secondary N) is 3. The lowest BCUT2D eigenvalue weighted by Crippen LogP contribution is -2.54. The summed E-state index contributed by atoms with van der Waals surface area (Å²) in [5.41, 5.74) is 14.9. The summed E-state index contributed by atoms with van der Waals surface area (Å²) in [6.45, 7) is 19.3. The van der Waals surface area contributed by atoms with E-state index in [1.807, 2.05) is 120 Å². The normalized spacial score (nSPS) is 15.0. The van der Waals surface area contributed by atoms with Crippen LogP contribution >= 0.6 is 22.7 Å². The van der Waals surface area contributed by atoms with Crippen LogP contribution in [0.15, 0.2) is 110 Å². The molecule has 10 aromatic rings. The number of aryl methyl sites for hydroxylation is 2. The van der Waals surface area contributed by atoms with Gasteiger partial charge < -0.3 is 55.8 Å². The molecule has 14 rings (SSSR count). The van der Waals surface area contributed by atoms with Gasteiger partial charge in [-0.2, -0.15) is 10.5 Å². The number of piperidine rings is 2. The molecular weight excluding hydrogens is 1350 g/mol. The molecule has 4 aliphatic heterocycles. The molecule has 0 aliphatic carbocycles. The summed E-state index contributed by atoms with van der Waals surface area (Å²) < 4.78 is 36.4. The number of likely N-dealkylation sites (tertiary alicyclic amines) is 1. The van der Waals surface area contributed by atoms with Crippen LogP contribution < -0.4 is 41.3 Å². The van der Waals surface area contributed by atoms with E-state index in [1.54, 1.807) is 29.2 Å². The van der Waals surface area contributed by atoms with E-state index < -0.39 is 5.60 Å². The molecule has 0 unspecified atom stereocenters. The topological polar surface area (TPSA) is 284 Å². The molecule has 2 aromatic carbocycles. The number of benzene rings is 2. The SMILES string of the molecule is C.C.CC(C)(C)OC(=O)N1CCC(N)CC1.CCc1nc2ccc(-c3cnc(N4CCN(C(=O)NC5CCNCC5)CC4)nc3)cn2c1N(C)c1nc(-c2ccc(F)cc2)c(C#N)s1.CCc1nc2ccc(-c3cnc(N4CCNCC4)nc3)cn2c1N(C)c1nc(-c2ccc(F)cc2)c(C#N)s1. The van der Waals surface area contributed by atoms with Crippen molar-refractivity contribution in [2.24, 2.45) is 5.73 Å². The van der Waals surface area contributed by atoms with Crippen molar-refractivity contribution < 1.29 is 23.1 Å². The van der Waals surface area contributed by atoms with Crippen molar-refractivity contribution in [2.75, 3.05) is 112 Å². The first kappa shape index (κ1) is 75.4. The van der Waals surface area contributed by atoms with Crippen LogP contribution in [0.1, 0.15) is 96.3 Å². The summed E-state index contributed by atoms with van der Waals surface area (Å²) >= 11 is 2.58. The van der Waals surface area contributed by atoms with Gasteiger partial charge in [-0.05, 0) is 145 Å². The van der Waals surface area contributed by atoms with Crippen LogP contribution in [-0.4, -0.2) is 181 Å². The minimum Gasteiger partial charge on any atom is -0.444 e. The Morgan fingerprint density at radius 3 is 1.42 bits per heavy atom. The number of piperazine rings is 2. The first-order chi connectivity index (χ1) is 48.8. The van der Waals surface area contributed by atoms with E-state index in [9.17, 15) is 28.9 Å². The van der Waals surface area contributed by atoms with Gasteiger partial charge in [-0.1, -0.05) is 51.4 Å². The summed E-state index contributed by atoms with van der Waals surface area (Å²) in [5, 5.41) is 30.8. The Bertz CT molecular complexity index is 4590. The number of carbonyl (C=O) groups excluding carboxylic acids is 2. The number of imidazole rings is 2. The molecule has 4 saturated heterocycles. The number of urea groups is 1. The van der Waals surface area contributed by atoms with Crippen LogP contribution in [0.3, 0.4) is 0 Å². The zero-order chi connectivity index (χ0) is 70.9. The number of ether oxygens (including phenoxy) is 1. The molecule has 103 heavy (non-hydrogen) atoms. The third-order valence-electron chi connectivity index (χ3n) is 17.9. The van der Waals surface area contributed by atoms with Crippen LogP contribution in [0.2, 0.25) is 0 Å². The van der Waals surface area contributed by atoms with Crippen molar-refractivity contribution in [2.45, 2.75) is 106 Å². The number of fused-ring (bicyclic) bond motifs is 2. The number of nitriles is 2. The molecule has 0 bridgehead atoms. The molecule has 0 radical (unpaired) electrons. The number of hydrogen-bond donors (Lipinski definition) is 4. The Kier molecular flexibility index (Phi) is 24.6. The number of thiazole rings is 2. The molecule has 5 N–H and O–H groups in total. The summed E-state index contributed by atoms with van der Waals surface area (Å²) in [7, 11) is 3.84. The van der Waals surface area contributed by atoms with E-state index in [0.717, 1.165) is 147 Å². The summed E-state index contributed by atoms with van der Waals surface area (Å²) in [6.07, 6.45) is 16.3. The molecule has 8 aromatic heterocycles. The lowest BCUT2D eigenvalue weighted by Gasteiger charge is -2.36. The van der Waals surface area contributed by atoms with Crippen LogP contribution in [-0.2, 0) is 17.6 Å². The van der Waals surface area contributed by atoms with Gasteiger partial charge in [0.1, 0.15) is 73.4 Å². The maximum Gasteiger partial charge on any atom is 0.410 e. The van der Waals surface area contributed by atoms with Gasteiger partial charge in [0.15, 0.2) is 10.3 Å². The number of rotatable bonds is 13. The zero-order valence-corrected chi connectivity index (χ0v) is 59.3. The maximum absolute atomic E-state index is 13.6. The fourth-order valence-corrected chi connectivity index (χ4v) is 14.1. The second-order valence-electron chi connectivity index (χ2n) is 26.0. The van der Waals surface area contributed by atoms with E-state index in [4.69, 9.17) is 40.4 Å². The molecule has 540 valence electrons. The number of nitrogens with zero attached hydrogens (tertiary/aromatic N) is 18. The van der Waals surface area contributed by atoms with Gasteiger partial charge in [0, 0.05) is 162 Å². The largest absolute Gasteiger partial charge is 0.444 e. The Balaban J connectivity index is 0.000000186. The van der Waals surface area contributed by atoms with Gasteiger partial charge in [0.2, 0.25) is 11.9 Å². The third kappa shape index (κ3) is 17.6. The van der Waals surface area contributed by atoms with Crippen molar-refractivity contribution >= 4 is 79.9 Å². The van der Waals surface area contributed by atoms with Crippen molar-refractivity contribution in [1.29, 1.82) is 10.5 Å². The van der Waals surface area contributed by atoms with Crippen molar-refractivity contribution in [3.63, 3.8) is 0 Å². The van der Waals surface area contributed by atoms with Crippen LogP contribution in [0.25, 0.3) is 56.1 Å². The molecule has 25 nitrogen and oxygen atoms in total. The molecule has 29 heteroatoms. The minimum atomic E-state index is -0.406. The average Bonchev–Trinajstić information content (AvgIpc) is 1.63. The number of aromatic nitrogens is 10. The number of anilines is 6. The van der Waals surface area contributed by atoms with Crippen LogP contribution in [0, 0.1) is 34.3 Å². The highest BCUT2D eigenvalue weighted by atomic mass is 32.1. The number of pyridine rings is 2. The fourth-order valence-electron chi connectivity index (χ4n) is 12.4. The molecule has 4 aliphatic rings. The zero-order valence-electron chi connectivity index (χ0n) is 57.7. The molecule has 3 amide bonds. The van der Waals surface area contributed by atoms with Gasteiger partial charge in [-0.15, -0.1) is 0 Å². The van der Waals surface area contributed by atoms with Gasteiger partial charge in [0.05, 0.1) is 11.4 Å². The summed E-state index contributed by atoms with van der Waals surface area (Å²) in [5.74, 6) is 2.43. The predicted octanol–water partition coefficient (Wildman–Crippen LogP) is 12.1. The van der Waals surface area contributed by atoms with Gasteiger partial charge in [-0.3, -0.25) is 8.80 Å². The lowest BCUT2D eigenvalue weighted by atomic mass is 10.1. The highest BCUT2D eigenvalue weighted by Crippen LogP contribution is 2.40. The molecule has 4 fully saturated rings. The highest BCUT2D eigenvalue weighted by molar-refractivity contribution is 7.17. The van der Waals surface area contributed by atoms with Crippen molar-refractivity contribution in [1.82, 2.24) is 74.4 Å². The number of amides is 3. The van der Waals surface area contributed by atoms with E-state index in [2.05, 4.69) is 61.7 Å². The van der Waals surface area contributed by atoms with E-state index in [0.29, 0.717) is 81.1 Å². The molecule has 12 heterocycles. The monoisotopic (exact) mass is 1440 g/mol. The predicted molar refractivity (Wildman–Crippen MR) is 404 cm³/mol. The second kappa shape index (κ2) is 33.7. The number of nitrogens with two attached hydrogens (primary N) is 1.